The monoisotopic (exact) mass is 397 g/mol. The Bertz CT molecular complexity index is 916. The van der Waals surface area contributed by atoms with Crippen LogP contribution in [0.2, 0.25) is 5.02 Å². The minimum Gasteiger partial charge on any atom is -0.506 e. The Balaban J connectivity index is 2.13. The van der Waals surface area contributed by atoms with E-state index >= 15 is 0 Å². The summed E-state index contributed by atoms with van der Waals surface area (Å²) in [5.74, 6) is -0.433. The van der Waals surface area contributed by atoms with Crippen LogP contribution in [0.1, 0.15) is 6.92 Å². The molecule has 0 aliphatic rings. The van der Waals surface area contributed by atoms with Crippen LogP contribution in [-0.4, -0.2) is 43.9 Å². The first-order valence-corrected chi connectivity index (χ1v) is 9.51. The largest absolute Gasteiger partial charge is 0.506 e. The average molecular weight is 398 g/mol. The van der Waals surface area contributed by atoms with Gasteiger partial charge in [-0.05, 0) is 43.3 Å². The lowest BCUT2D eigenvalue weighted by Gasteiger charge is -2.17. The Labute approximate surface area is 157 Å². The number of rotatable bonds is 6. The average Bonchev–Trinajstić information content (AvgIpc) is 2.58. The first-order chi connectivity index (χ1) is 12.1. The molecule has 1 atom stereocenters. The number of phenolic OH excluding ortho intramolecular Hbond substituents is 1. The molecule has 0 fully saturated rings. The minimum absolute atomic E-state index is 0.0341. The van der Waals surface area contributed by atoms with Gasteiger partial charge in [-0.15, -0.1) is 0 Å². The maximum atomic E-state index is 12.4. The topological polar surface area (TPSA) is 98.7 Å². The quantitative estimate of drug-likeness (QED) is 0.651. The van der Waals surface area contributed by atoms with Crippen molar-refractivity contribution in [3.05, 3.63) is 47.5 Å². The summed E-state index contributed by atoms with van der Waals surface area (Å²) in [4.78, 5) is 12.4. The maximum Gasteiger partial charge on any atom is 0.246 e. The van der Waals surface area contributed by atoms with E-state index in [1.165, 1.54) is 44.4 Å². The second kappa shape index (κ2) is 7.94. The lowest BCUT2D eigenvalue weighted by molar-refractivity contribution is -0.116. The van der Waals surface area contributed by atoms with E-state index in [0.29, 0.717) is 16.4 Å². The SMILES string of the molecule is CC(Nc1cc(Cl)ccc1O)C(=O)Nc1cccc(S(=O)(=O)N(C)C)c1. The van der Waals surface area contributed by atoms with Crippen molar-refractivity contribution in [3.63, 3.8) is 0 Å². The fraction of sp³-hybridized carbons (Fsp3) is 0.235. The molecule has 2 aromatic rings. The normalized spacial score (nSPS) is 12.7. The molecule has 0 heterocycles. The van der Waals surface area contributed by atoms with Gasteiger partial charge in [-0.2, -0.15) is 0 Å². The predicted octanol–water partition coefficient (Wildman–Crippen LogP) is 2.74. The second-order valence-electron chi connectivity index (χ2n) is 5.83. The van der Waals surface area contributed by atoms with Crippen LogP contribution in [0.5, 0.6) is 5.75 Å². The number of carbonyl (C=O) groups excluding carboxylic acids is 1. The number of hydrogen-bond acceptors (Lipinski definition) is 5. The van der Waals surface area contributed by atoms with Crippen molar-refractivity contribution < 1.29 is 18.3 Å². The van der Waals surface area contributed by atoms with Crippen molar-refractivity contribution >= 4 is 38.9 Å². The zero-order chi connectivity index (χ0) is 19.5. The maximum absolute atomic E-state index is 12.4. The molecule has 26 heavy (non-hydrogen) atoms. The third kappa shape index (κ3) is 4.66. The van der Waals surface area contributed by atoms with Crippen molar-refractivity contribution in [2.75, 3.05) is 24.7 Å². The number of carbonyl (C=O) groups is 1. The highest BCUT2D eigenvalue weighted by Crippen LogP contribution is 2.27. The molecule has 0 radical (unpaired) electrons. The summed E-state index contributed by atoms with van der Waals surface area (Å²) < 4.78 is 25.4. The highest BCUT2D eigenvalue weighted by Gasteiger charge is 2.19. The van der Waals surface area contributed by atoms with Gasteiger partial charge in [-0.3, -0.25) is 4.79 Å². The van der Waals surface area contributed by atoms with Gasteiger partial charge in [0.1, 0.15) is 11.8 Å². The molecule has 7 nitrogen and oxygen atoms in total. The summed E-state index contributed by atoms with van der Waals surface area (Å²) in [6, 6.07) is 9.74. The number of benzene rings is 2. The summed E-state index contributed by atoms with van der Waals surface area (Å²) in [5, 5.41) is 15.7. The molecule has 3 N–H and O–H groups in total. The Morgan fingerprint density at radius 2 is 1.88 bits per heavy atom. The number of halogens is 1. The van der Waals surface area contributed by atoms with Gasteiger partial charge in [0.15, 0.2) is 0 Å². The van der Waals surface area contributed by atoms with Crippen LogP contribution in [0, 0.1) is 0 Å². The molecule has 0 saturated carbocycles. The summed E-state index contributed by atoms with van der Waals surface area (Å²) >= 11 is 5.88. The third-order valence-electron chi connectivity index (χ3n) is 3.60. The van der Waals surface area contributed by atoms with Crippen LogP contribution in [-0.2, 0) is 14.8 Å². The van der Waals surface area contributed by atoms with Crippen molar-refractivity contribution in [1.29, 1.82) is 0 Å². The summed E-state index contributed by atoms with van der Waals surface area (Å²) in [7, 11) is -0.727. The smallest absolute Gasteiger partial charge is 0.246 e. The molecule has 0 saturated heterocycles. The number of sulfonamides is 1. The zero-order valence-corrected chi connectivity index (χ0v) is 16.1. The third-order valence-corrected chi connectivity index (χ3v) is 5.65. The molecule has 2 rings (SSSR count). The van der Waals surface area contributed by atoms with Gasteiger partial charge < -0.3 is 15.7 Å². The van der Waals surface area contributed by atoms with Crippen molar-refractivity contribution in [2.45, 2.75) is 17.9 Å². The summed E-state index contributed by atoms with van der Waals surface area (Å²) in [6.45, 7) is 1.61. The van der Waals surface area contributed by atoms with Crippen LogP contribution < -0.4 is 10.6 Å². The zero-order valence-electron chi connectivity index (χ0n) is 14.5. The molecular weight excluding hydrogens is 378 g/mol. The molecule has 0 aliphatic carbocycles. The van der Waals surface area contributed by atoms with Gasteiger partial charge in [0.05, 0.1) is 10.6 Å². The van der Waals surface area contributed by atoms with E-state index in [1.54, 1.807) is 19.1 Å². The number of nitrogens with one attached hydrogen (secondary N) is 2. The fourth-order valence-corrected chi connectivity index (χ4v) is 3.24. The highest BCUT2D eigenvalue weighted by molar-refractivity contribution is 7.89. The van der Waals surface area contributed by atoms with Crippen LogP contribution in [0.25, 0.3) is 0 Å². The number of nitrogens with zero attached hydrogens (tertiary/aromatic N) is 1. The van der Waals surface area contributed by atoms with Crippen molar-refractivity contribution in [1.82, 2.24) is 4.31 Å². The van der Waals surface area contributed by atoms with Gasteiger partial charge in [0.25, 0.3) is 0 Å². The molecular formula is C17H20ClN3O4S. The lowest BCUT2D eigenvalue weighted by atomic mass is 10.2. The molecule has 1 unspecified atom stereocenters. The molecule has 140 valence electrons. The Morgan fingerprint density at radius 1 is 1.19 bits per heavy atom. The molecule has 0 spiro atoms. The van der Waals surface area contributed by atoms with Crippen LogP contribution in [0.4, 0.5) is 11.4 Å². The molecule has 0 aromatic heterocycles. The lowest BCUT2D eigenvalue weighted by Crippen LogP contribution is -2.32. The molecule has 2 aromatic carbocycles. The van der Waals surface area contributed by atoms with E-state index in [9.17, 15) is 18.3 Å². The van der Waals surface area contributed by atoms with E-state index in [2.05, 4.69) is 10.6 Å². The van der Waals surface area contributed by atoms with E-state index < -0.39 is 22.0 Å². The van der Waals surface area contributed by atoms with Crippen LogP contribution >= 0.6 is 11.6 Å². The Morgan fingerprint density at radius 3 is 2.54 bits per heavy atom. The fourth-order valence-electron chi connectivity index (χ4n) is 2.12. The van der Waals surface area contributed by atoms with E-state index in [1.807, 2.05) is 0 Å². The van der Waals surface area contributed by atoms with E-state index in [-0.39, 0.29) is 10.6 Å². The van der Waals surface area contributed by atoms with E-state index in [0.717, 1.165) is 4.31 Å². The van der Waals surface area contributed by atoms with Crippen LogP contribution in [0.15, 0.2) is 47.4 Å². The molecule has 9 heteroatoms. The summed E-state index contributed by atoms with van der Waals surface area (Å²) in [5.41, 5.74) is 0.672. The first kappa shape index (κ1) is 20.0. The first-order valence-electron chi connectivity index (χ1n) is 7.70. The number of amides is 1. The van der Waals surface area contributed by atoms with Gasteiger partial charge in [0.2, 0.25) is 15.9 Å². The predicted molar refractivity (Wildman–Crippen MR) is 102 cm³/mol. The Kier molecular flexibility index (Phi) is 6.12. The molecule has 0 bridgehead atoms. The number of anilines is 2. The van der Waals surface area contributed by atoms with Gasteiger partial charge in [0, 0.05) is 24.8 Å². The highest BCUT2D eigenvalue weighted by atomic mass is 35.5. The van der Waals surface area contributed by atoms with Crippen molar-refractivity contribution in [2.24, 2.45) is 0 Å². The number of phenols is 1. The number of aromatic hydroxyl groups is 1. The van der Waals surface area contributed by atoms with Gasteiger partial charge >= 0.3 is 0 Å². The van der Waals surface area contributed by atoms with Crippen molar-refractivity contribution in [3.8, 4) is 5.75 Å². The van der Waals surface area contributed by atoms with Gasteiger partial charge in [-0.1, -0.05) is 17.7 Å². The molecule has 0 aliphatic heterocycles. The van der Waals surface area contributed by atoms with E-state index in [4.69, 9.17) is 11.6 Å². The van der Waals surface area contributed by atoms with Crippen LogP contribution in [0.3, 0.4) is 0 Å². The summed E-state index contributed by atoms with van der Waals surface area (Å²) in [6.07, 6.45) is 0. The standard InChI is InChI=1S/C17H20ClN3O4S/c1-11(19-15-9-12(18)7-8-16(15)22)17(23)20-13-5-4-6-14(10-13)26(24,25)21(2)3/h4-11,19,22H,1-3H3,(H,20,23). The second-order valence-corrected chi connectivity index (χ2v) is 8.42. The minimum atomic E-state index is -3.60. The Hall–Kier alpha value is -2.29. The molecule has 1 amide bonds. The number of hydrogen-bond donors (Lipinski definition) is 3. The van der Waals surface area contributed by atoms with Gasteiger partial charge in [-0.25, -0.2) is 12.7 Å².